The van der Waals surface area contributed by atoms with Crippen LogP contribution in [0.4, 0.5) is 5.82 Å². The first-order chi connectivity index (χ1) is 13.9. The smallest absolute Gasteiger partial charge is 0.213 e. The third kappa shape index (κ3) is 5.90. The van der Waals surface area contributed by atoms with Gasteiger partial charge in [-0.1, -0.05) is 12.1 Å². The van der Waals surface area contributed by atoms with Gasteiger partial charge in [-0.2, -0.15) is 0 Å². The molecule has 0 atom stereocenters. The number of hydrogen-bond acceptors (Lipinski definition) is 6. The molecule has 8 heteroatoms. The number of nitrogens with one attached hydrogen (secondary N) is 1. The zero-order valence-electron chi connectivity index (χ0n) is 17.4. The summed E-state index contributed by atoms with van der Waals surface area (Å²) in [6.45, 7) is 5.46. The van der Waals surface area contributed by atoms with Crippen LogP contribution in [0.25, 0.3) is 0 Å². The average molecular weight is 419 g/mol. The molecule has 0 radical (unpaired) electrons. The van der Waals surface area contributed by atoms with Crippen LogP contribution in [0.15, 0.2) is 30.3 Å². The fourth-order valence-corrected chi connectivity index (χ4v) is 4.80. The molecule has 1 aromatic heterocycles. The number of methoxy groups -OCH3 is 1. The Labute approximate surface area is 173 Å². The molecular formula is C21H30N4O3S. The summed E-state index contributed by atoms with van der Waals surface area (Å²) >= 11 is 0. The van der Waals surface area contributed by atoms with Gasteiger partial charge in [-0.3, -0.25) is 0 Å². The van der Waals surface area contributed by atoms with Crippen molar-refractivity contribution in [3.05, 3.63) is 47.4 Å². The summed E-state index contributed by atoms with van der Waals surface area (Å²) < 4.78 is 30.9. The summed E-state index contributed by atoms with van der Waals surface area (Å²) in [6, 6.07) is 9.94. The maximum absolute atomic E-state index is 12.0. The topological polar surface area (TPSA) is 84.4 Å². The molecule has 29 heavy (non-hydrogen) atoms. The molecule has 2 heterocycles. The number of anilines is 1. The molecule has 0 spiro atoms. The van der Waals surface area contributed by atoms with Gasteiger partial charge in [-0.15, -0.1) is 0 Å². The summed E-state index contributed by atoms with van der Waals surface area (Å²) in [5, 5.41) is 3.37. The van der Waals surface area contributed by atoms with E-state index in [2.05, 4.69) is 15.3 Å². The van der Waals surface area contributed by atoms with E-state index in [0.717, 1.165) is 47.9 Å². The van der Waals surface area contributed by atoms with E-state index in [9.17, 15) is 8.42 Å². The summed E-state index contributed by atoms with van der Waals surface area (Å²) in [4.78, 5) is 9.09. The third-order valence-corrected chi connectivity index (χ3v) is 7.21. The van der Waals surface area contributed by atoms with Gasteiger partial charge in [0.05, 0.1) is 12.9 Å². The van der Waals surface area contributed by atoms with Gasteiger partial charge in [0.1, 0.15) is 17.4 Å². The predicted molar refractivity (Wildman–Crippen MR) is 115 cm³/mol. The Morgan fingerprint density at radius 1 is 1.21 bits per heavy atom. The van der Waals surface area contributed by atoms with E-state index in [1.807, 2.05) is 37.3 Å². The van der Waals surface area contributed by atoms with Gasteiger partial charge in [0.25, 0.3) is 0 Å². The van der Waals surface area contributed by atoms with E-state index < -0.39 is 10.0 Å². The zero-order valence-corrected chi connectivity index (χ0v) is 18.2. The molecule has 1 N–H and O–H groups in total. The zero-order chi connectivity index (χ0) is 20.9. The highest BCUT2D eigenvalue weighted by atomic mass is 32.2. The van der Waals surface area contributed by atoms with E-state index in [-0.39, 0.29) is 5.75 Å². The Bertz CT molecular complexity index is 925. The molecule has 0 aliphatic carbocycles. The molecule has 2 aromatic rings. The minimum atomic E-state index is -3.08. The van der Waals surface area contributed by atoms with Crippen molar-refractivity contribution in [1.82, 2.24) is 14.3 Å². The van der Waals surface area contributed by atoms with Crippen LogP contribution in [0.3, 0.4) is 0 Å². The number of nitrogens with zero attached hydrogens (tertiary/aromatic N) is 3. The van der Waals surface area contributed by atoms with Gasteiger partial charge < -0.3 is 10.1 Å². The lowest BCUT2D eigenvalue weighted by atomic mass is 9.93. The first-order valence-corrected chi connectivity index (χ1v) is 11.7. The number of hydrogen-bond donors (Lipinski definition) is 1. The van der Waals surface area contributed by atoms with E-state index in [1.165, 1.54) is 0 Å². The monoisotopic (exact) mass is 418 g/mol. The molecule has 7 nitrogen and oxygen atoms in total. The maximum atomic E-state index is 12.0. The first-order valence-electron chi connectivity index (χ1n) is 10.1. The number of ether oxygens (including phenoxy) is 1. The predicted octanol–water partition coefficient (Wildman–Crippen LogP) is 3.01. The van der Waals surface area contributed by atoms with Gasteiger partial charge in [0.15, 0.2) is 0 Å². The lowest BCUT2D eigenvalue weighted by Crippen LogP contribution is -2.39. The molecule has 1 aliphatic rings. The van der Waals surface area contributed by atoms with Crippen LogP contribution >= 0.6 is 0 Å². The van der Waals surface area contributed by atoms with Gasteiger partial charge in [0, 0.05) is 31.4 Å². The number of benzene rings is 1. The van der Waals surface area contributed by atoms with Crippen molar-refractivity contribution in [2.75, 3.05) is 31.3 Å². The summed E-state index contributed by atoms with van der Waals surface area (Å²) in [5.74, 6) is 2.99. The number of rotatable bonds is 8. The van der Waals surface area contributed by atoms with Crippen LogP contribution in [-0.4, -0.2) is 48.6 Å². The Hall–Kier alpha value is -2.19. The highest BCUT2D eigenvalue weighted by Crippen LogP contribution is 2.24. The molecule has 1 fully saturated rings. The largest absolute Gasteiger partial charge is 0.497 e. The minimum absolute atomic E-state index is 0.172. The number of aromatic nitrogens is 2. The number of sulfonamides is 1. The Morgan fingerprint density at radius 3 is 2.66 bits per heavy atom. The summed E-state index contributed by atoms with van der Waals surface area (Å²) in [5.41, 5.74) is 2.12. The molecule has 1 aliphatic heterocycles. The SMILES string of the molecule is CCS(=O)(=O)N1CCC(Cc2cc(NCc3cccc(OC)c3)nc(C)n2)CC1. The molecule has 0 amide bonds. The molecule has 0 unspecified atom stereocenters. The van der Waals surface area contributed by atoms with Crippen molar-refractivity contribution in [3.8, 4) is 5.75 Å². The lowest BCUT2D eigenvalue weighted by Gasteiger charge is -2.30. The standard InChI is InChI=1S/C21H30N4O3S/c1-4-29(26,27)25-10-8-17(9-11-25)12-19-14-21(24-16(2)23-19)22-15-18-6-5-7-20(13-18)28-3/h5-7,13-14,17H,4,8-12,15H2,1-3H3,(H,22,23,24). The van der Waals surface area contributed by atoms with Gasteiger partial charge >= 0.3 is 0 Å². The van der Waals surface area contributed by atoms with E-state index >= 15 is 0 Å². The molecule has 3 rings (SSSR count). The second-order valence-corrected chi connectivity index (χ2v) is 9.70. The van der Waals surface area contributed by atoms with Gasteiger partial charge in [-0.25, -0.2) is 22.7 Å². The second-order valence-electron chi connectivity index (χ2n) is 7.44. The Kier molecular flexibility index (Phi) is 7.08. The molecule has 0 saturated carbocycles. The van der Waals surface area contributed by atoms with Crippen LogP contribution in [0, 0.1) is 12.8 Å². The molecule has 158 valence electrons. The second kappa shape index (κ2) is 9.54. The normalized spacial score (nSPS) is 16.0. The van der Waals surface area contributed by atoms with Crippen molar-refractivity contribution < 1.29 is 13.2 Å². The van der Waals surface area contributed by atoms with Crippen LogP contribution in [0.5, 0.6) is 5.75 Å². The lowest BCUT2D eigenvalue weighted by molar-refractivity contribution is 0.272. The van der Waals surface area contributed by atoms with Crippen LogP contribution < -0.4 is 10.1 Å². The van der Waals surface area contributed by atoms with Crippen molar-refractivity contribution >= 4 is 15.8 Å². The fourth-order valence-electron chi connectivity index (χ4n) is 3.67. The van der Waals surface area contributed by atoms with Crippen LogP contribution in [-0.2, 0) is 23.0 Å². The average Bonchev–Trinajstić information content (AvgIpc) is 2.72. The number of aryl methyl sites for hydroxylation is 1. The molecule has 1 aromatic carbocycles. The Morgan fingerprint density at radius 2 is 1.97 bits per heavy atom. The Balaban J connectivity index is 1.59. The highest BCUT2D eigenvalue weighted by Gasteiger charge is 2.27. The summed E-state index contributed by atoms with van der Waals surface area (Å²) in [6.07, 6.45) is 2.58. The van der Waals surface area contributed by atoms with Gasteiger partial charge in [-0.05, 0) is 56.7 Å². The molecular weight excluding hydrogens is 388 g/mol. The van der Waals surface area contributed by atoms with E-state index in [1.54, 1.807) is 18.3 Å². The third-order valence-electron chi connectivity index (χ3n) is 5.33. The van der Waals surface area contributed by atoms with Crippen molar-refractivity contribution in [3.63, 3.8) is 0 Å². The highest BCUT2D eigenvalue weighted by molar-refractivity contribution is 7.89. The van der Waals surface area contributed by atoms with E-state index in [4.69, 9.17) is 4.74 Å². The first kappa shape index (κ1) is 21.5. The summed E-state index contributed by atoms with van der Waals surface area (Å²) in [7, 11) is -1.42. The van der Waals surface area contributed by atoms with Gasteiger partial charge in [0.2, 0.25) is 10.0 Å². The molecule has 0 bridgehead atoms. The van der Waals surface area contributed by atoms with Crippen molar-refractivity contribution in [1.29, 1.82) is 0 Å². The van der Waals surface area contributed by atoms with Crippen molar-refractivity contribution in [2.24, 2.45) is 5.92 Å². The van der Waals surface area contributed by atoms with Crippen LogP contribution in [0.1, 0.15) is 36.8 Å². The van der Waals surface area contributed by atoms with Crippen molar-refractivity contribution in [2.45, 2.75) is 39.7 Å². The van der Waals surface area contributed by atoms with E-state index in [0.29, 0.717) is 25.6 Å². The van der Waals surface area contributed by atoms with Crippen LogP contribution in [0.2, 0.25) is 0 Å². The minimum Gasteiger partial charge on any atom is -0.497 e. The quantitative estimate of drug-likeness (QED) is 0.709. The maximum Gasteiger partial charge on any atom is 0.213 e. The molecule has 1 saturated heterocycles. The fraction of sp³-hybridized carbons (Fsp3) is 0.524. The number of piperidine rings is 1.